The highest BCUT2D eigenvalue weighted by molar-refractivity contribution is 5.94. The van der Waals surface area contributed by atoms with Crippen LogP contribution in [-0.4, -0.2) is 15.9 Å². The summed E-state index contributed by atoms with van der Waals surface area (Å²) in [5.74, 6) is 0.879. The molecule has 5 heteroatoms. The van der Waals surface area contributed by atoms with Gasteiger partial charge in [0.25, 0.3) is 5.91 Å². The molecule has 0 aliphatic carbocycles. The Morgan fingerprint density at radius 1 is 1.22 bits per heavy atom. The molecule has 2 heterocycles. The summed E-state index contributed by atoms with van der Waals surface area (Å²) in [4.78, 5) is 19.5. The van der Waals surface area contributed by atoms with Gasteiger partial charge in [-0.25, -0.2) is 9.97 Å². The summed E-state index contributed by atoms with van der Waals surface area (Å²) in [6.07, 6.45) is 1.72. The average molecular weight is 242 g/mol. The second-order valence-electron chi connectivity index (χ2n) is 4.04. The minimum Gasteiger partial charge on any atom is -0.366 e. The van der Waals surface area contributed by atoms with Gasteiger partial charge in [-0.15, -0.1) is 0 Å². The fourth-order valence-corrected chi connectivity index (χ4v) is 1.63. The molecule has 0 unspecified atom stereocenters. The molecule has 0 atom stereocenters. The fourth-order valence-electron chi connectivity index (χ4n) is 1.63. The van der Waals surface area contributed by atoms with Gasteiger partial charge in [0.05, 0.1) is 11.3 Å². The highest BCUT2D eigenvalue weighted by Crippen LogP contribution is 2.15. The molecule has 92 valence electrons. The molecule has 5 nitrogen and oxygen atoms in total. The minimum absolute atomic E-state index is 0.428. The molecule has 1 amide bonds. The minimum atomic E-state index is -0.472. The molecule has 0 aliphatic rings. The van der Waals surface area contributed by atoms with Crippen molar-refractivity contribution in [3.8, 4) is 0 Å². The largest absolute Gasteiger partial charge is 0.366 e. The molecular formula is C13H14N4O. The number of hydrogen-bond donors (Lipinski definition) is 2. The zero-order valence-electron chi connectivity index (χ0n) is 10.3. The third kappa shape index (κ3) is 2.63. The zero-order valence-corrected chi connectivity index (χ0v) is 10.3. The molecule has 0 aliphatic heterocycles. The number of nitrogens with one attached hydrogen (secondary N) is 1. The van der Waals surface area contributed by atoms with Crippen LogP contribution in [0.25, 0.3) is 0 Å². The Morgan fingerprint density at radius 3 is 2.61 bits per heavy atom. The van der Waals surface area contributed by atoms with Crippen molar-refractivity contribution in [2.45, 2.75) is 13.8 Å². The van der Waals surface area contributed by atoms with Crippen molar-refractivity contribution in [3.63, 3.8) is 0 Å². The van der Waals surface area contributed by atoms with E-state index in [0.29, 0.717) is 22.9 Å². The van der Waals surface area contributed by atoms with Gasteiger partial charge in [-0.3, -0.25) is 4.79 Å². The van der Waals surface area contributed by atoms with Crippen LogP contribution in [0.15, 0.2) is 30.5 Å². The number of pyridine rings is 2. The highest BCUT2D eigenvalue weighted by Gasteiger charge is 2.07. The maximum absolute atomic E-state index is 11.1. The van der Waals surface area contributed by atoms with Gasteiger partial charge in [0, 0.05) is 6.20 Å². The summed E-state index contributed by atoms with van der Waals surface area (Å²) in [7, 11) is 0. The van der Waals surface area contributed by atoms with E-state index in [4.69, 9.17) is 5.73 Å². The van der Waals surface area contributed by atoms with Crippen molar-refractivity contribution in [3.05, 3.63) is 47.3 Å². The van der Waals surface area contributed by atoms with Gasteiger partial charge in [-0.05, 0) is 43.7 Å². The first kappa shape index (κ1) is 12.0. The Hall–Kier alpha value is -2.43. The summed E-state index contributed by atoms with van der Waals surface area (Å²) in [5, 5.41) is 3.08. The van der Waals surface area contributed by atoms with E-state index in [-0.39, 0.29) is 0 Å². The molecule has 0 spiro atoms. The van der Waals surface area contributed by atoms with Gasteiger partial charge in [-0.1, -0.05) is 0 Å². The Balaban J connectivity index is 2.25. The average Bonchev–Trinajstić information content (AvgIpc) is 2.28. The van der Waals surface area contributed by atoms with Gasteiger partial charge in [-0.2, -0.15) is 0 Å². The number of nitrogens with zero attached hydrogens (tertiary/aromatic N) is 2. The number of nitrogens with two attached hydrogens (primary N) is 1. The van der Waals surface area contributed by atoms with Crippen LogP contribution >= 0.6 is 0 Å². The van der Waals surface area contributed by atoms with Crippen LogP contribution in [0.2, 0.25) is 0 Å². The second kappa shape index (κ2) is 4.83. The van der Waals surface area contributed by atoms with Crippen LogP contribution < -0.4 is 11.1 Å². The Labute approximate surface area is 105 Å². The smallest absolute Gasteiger partial charge is 0.250 e. The number of primary amides is 1. The highest BCUT2D eigenvalue weighted by atomic mass is 16.1. The van der Waals surface area contributed by atoms with Crippen LogP contribution in [0, 0.1) is 13.8 Å². The van der Waals surface area contributed by atoms with Crippen LogP contribution in [0.3, 0.4) is 0 Å². The van der Waals surface area contributed by atoms with Crippen molar-refractivity contribution in [1.82, 2.24) is 9.97 Å². The number of amides is 1. The Kier molecular flexibility index (Phi) is 3.23. The quantitative estimate of drug-likeness (QED) is 0.861. The standard InChI is InChI=1S/C13H14N4O/c1-8-5-6-15-12(7-8)17-11-4-3-10(13(14)18)9(2)16-11/h3-7H,1-2H3,(H2,14,18)(H,15,16,17). The lowest BCUT2D eigenvalue weighted by Gasteiger charge is -2.07. The topological polar surface area (TPSA) is 80.9 Å². The van der Waals surface area contributed by atoms with E-state index in [1.54, 1.807) is 25.3 Å². The number of anilines is 2. The molecule has 0 radical (unpaired) electrons. The SMILES string of the molecule is Cc1ccnc(Nc2ccc(C(N)=O)c(C)n2)c1. The van der Waals surface area contributed by atoms with E-state index in [0.717, 1.165) is 5.56 Å². The first-order valence-corrected chi connectivity index (χ1v) is 5.53. The molecule has 0 saturated heterocycles. The second-order valence-corrected chi connectivity index (χ2v) is 4.04. The Morgan fingerprint density at radius 2 is 2.00 bits per heavy atom. The van der Waals surface area contributed by atoms with E-state index >= 15 is 0 Å². The monoisotopic (exact) mass is 242 g/mol. The summed E-state index contributed by atoms with van der Waals surface area (Å²) in [6, 6.07) is 7.19. The molecule has 0 saturated carbocycles. The predicted molar refractivity (Wildman–Crippen MR) is 69.7 cm³/mol. The molecule has 0 bridgehead atoms. The molecule has 2 aromatic rings. The lowest BCUT2D eigenvalue weighted by molar-refractivity contribution is 0.0999. The molecule has 3 N–H and O–H groups in total. The van der Waals surface area contributed by atoms with E-state index in [9.17, 15) is 4.79 Å². The normalized spacial score (nSPS) is 10.1. The molecule has 0 fully saturated rings. The van der Waals surface area contributed by atoms with Gasteiger partial charge < -0.3 is 11.1 Å². The van der Waals surface area contributed by atoms with Crippen molar-refractivity contribution in [2.75, 3.05) is 5.32 Å². The number of carbonyl (C=O) groups excluding carboxylic acids is 1. The molecule has 0 aromatic carbocycles. The summed E-state index contributed by atoms with van der Waals surface area (Å²) >= 11 is 0. The van der Waals surface area contributed by atoms with Gasteiger partial charge in [0.15, 0.2) is 0 Å². The lowest BCUT2D eigenvalue weighted by Crippen LogP contribution is -2.13. The summed E-state index contributed by atoms with van der Waals surface area (Å²) < 4.78 is 0. The first-order chi connectivity index (χ1) is 8.56. The van der Waals surface area contributed by atoms with Crippen molar-refractivity contribution in [1.29, 1.82) is 0 Å². The number of hydrogen-bond acceptors (Lipinski definition) is 4. The van der Waals surface area contributed by atoms with Gasteiger partial charge >= 0.3 is 0 Å². The van der Waals surface area contributed by atoms with Crippen LogP contribution in [-0.2, 0) is 0 Å². The maximum atomic E-state index is 11.1. The van der Waals surface area contributed by atoms with Crippen molar-refractivity contribution in [2.24, 2.45) is 5.73 Å². The van der Waals surface area contributed by atoms with Crippen LogP contribution in [0.4, 0.5) is 11.6 Å². The van der Waals surface area contributed by atoms with E-state index in [2.05, 4.69) is 15.3 Å². The van der Waals surface area contributed by atoms with E-state index in [1.807, 2.05) is 19.1 Å². The molecule has 2 rings (SSSR count). The number of aromatic nitrogens is 2. The third-order valence-electron chi connectivity index (χ3n) is 2.52. The molecule has 18 heavy (non-hydrogen) atoms. The Bertz CT molecular complexity index is 595. The third-order valence-corrected chi connectivity index (χ3v) is 2.52. The first-order valence-electron chi connectivity index (χ1n) is 5.53. The number of carbonyl (C=O) groups is 1. The van der Waals surface area contributed by atoms with E-state index < -0.39 is 5.91 Å². The zero-order chi connectivity index (χ0) is 13.1. The maximum Gasteiger partial charge on any atom is 0.250 e. The molecular weight excluding hydrogens is 228 g/mol. The van der Waals surface area contributed by atoms with Gasteiger partial charge in [0.2, 0.25) is 0 Å². The predicted octanol–water partition coefficient (Wildman–Crippen LogP) is 1.94. The molecule has 2 aromatic heterocycles. The summed E-state index contributed by atoms with van der Waals surface area (Å²) in [5.41, 5.74) is 7.36. The van der Waals surface area contributed by atoms with Crippen LogP contribution in [0.5, 0.6) is 0 Å². The summed E-state index contributed by atoms with van der Waals surface area (Å²) in [6.45, 7) is 3.73. The van der Waals surface area contributed by atoms with Crippen LogP contribution in [0.1, 0.15) is 21.6 Å². The van der Waals surface area contributed by atoms with Crippen molar-refractivity contribution < 1.29 is 4.79 Å². The van der Waals surface area contributed by atoms with E-state index in [1.165, 1.54) is 0 Å². The number of aryl methyl sites for hydroxylation is 2. The lowest BCUT2D eigenvalue weighted by atomic mass is 10.2. The van der Waals surface area contributed by atoms with Crippen molar-refractivity contribution >= 4 is 17.5 Å². The van der Waals surface area contributed by atoms with Gasteiger partial charge in [0.1, 0.15) is 11.6 Å². The fraction of sp³-hybridized carbons (Fsp3) is 0.154. The number of rotatable bonds is 3.